The lowest BCUT2D eigenvalue weighted by Crippen LogP contribution is -2.60. The number of fused-ring (bicyclic) bond motifs is 15. The zero-order valence-electron chi connectivity index (χ0n) is 31.0. The van der Waals surface area contributed by atoms with Gasteiger partial charge in [-0.3, -0.25) is 0 Å². The van der Waals surface area contributed by atoms with Crippen molar-refractivity contribution in [3.63, 3.8) is 0 Å². The fourth-order valence-corrected chi connectivity index (χ4v) is 11.6. The van der Waals surface area contributed by atoms with E-state index in [1.807, 2.05) is 35.6 Å². The van der Waals surface area contributed by atoms with Crippen LogP contribution >= 0.6 is 11.3 Å². The van der Waals surface area contributed by atoms with Crippen LogP contribution in [0.25, 0.3) is 22.3 Å². The molecule has 2 aliphatic heterocycles. The molecule has 2 aliphatic carbocycles. The summed E-state index contributed by atoms with van der Waals surface area (Å²) in [6, 6.07) is 60.4. The van der Waals surface area contributed by atoms with E-state index in [4.69, 9.17) is 4.11 Å². The first-order valence-corrected chi connectivity index (χ1v) is 18.7. The summed E-state index contributed by atoms with van der Waals surface area (Å²) in [5.74, 6) is 0. The van der Waals surface area contributed by atoms with Gasteiger partial charge in [-0.25, -0.2) is 0 Å². The minimum absolute atomic E-state index is 0.117. The van der Waals surface area contributed by atoms with Crippen LogP contribution in [0.15, 0.2) is 170 Å². The second-order valence-electron chi connectivity index (χ2n) is 14.2. The van der Waals surface area contributed by atoms with Crippen molar-refractivity contribution in [2.75, 3.05) is 9.80 Å². The molecule has 0 saturated carbocycles. The summed E-state index contributed by atoms with van der Waals surface area (Å²) in [6.07, 6.45) is 0. The van der Waals surface area contributed by atoms with Crippen LogP contribution in [0.3, 0.4) is 0 Å². The van der Waals surface area contributed by atoms with Crippen molar-refractivity contribution >= 4 is 67.9 Å². The highest BCUT2D eigenvalue weighted by Crippen LogP contribution is 2.66. The van der Waals surface area contributed by atoms with E-state index >= 15 is 0 Å². The van der Waals surface area contributed by atoms with E-state index < -0.39 is 12.3 Å². The van der Waals surface area contributed by atoms with Crippen LogP contribution in [0.5, 0.6) is 0 Å². The number of hydrogen-bond donors (Lipinski definition) is 0. The molecule has 52 heavy (non-hydrogen) atoms. The summed E-state index contributed by atoms with van der Waals surface area (Å²) in [4.78, 5) is 5.98. The van der Waals surface area contributed by atoms with Crippen LogP contribution in [-0.2, 0) is 5.41 Å². The minimum Gasteiger partial charge on any atom is -0.311 e. The van der Waals surface area contributed by atoms with E-state index in [1.54, 1.807) is 0 Å². The fourth-order valence-electron chi connectivity index (χ4n) is 9.89. The lowest BCUT2D eigenvalue weighted by molar-refractivity contribution is 0.811. The summed E-state index contributed by atoms with van der Waals surface area (Å²) in [7, 11) is 0. The molecule has 0 bridgehead atoms. The van der Waals surface area contributed by atoms with Gasteiger partial charge in [0.15, 0.2) is 0 Å². The molecule has 0 fully saturated rings. The average Bonchev–Trinajstić information content (AvgIpc) is 3.85. The van der Waals surface area contributed by atoms with E-state index in [0.717, 1.165) is 39.6 Å². The summed E-state index contributed by atoms with van der Waals surface area (Å²) in [5, 5.41) is 0. The normalized spacial score (nSPS) is 15.8. The highest BCUT2D eigenvalue weighted by atomic mass is 32.1. The van der Waals surface area contributed by atoms with Crippen LogP contribution < -0.4 is 25.5 Å². The summed E-state index contributed by atoms with van der Waals surface area (Å²) >= 11 is 1.94. The Labute approximate surface area is 312 Å². The smallest absolute Gasteiger partial charge is 0.264 e. The Morgan fingerprint density at radius 3 is 1.71 bits per heavy atom. The zero-order chi connectivity index (χ0) is 36.6. The van der Waals surface area contributed by atoms with Gasteiger partial charge >= 0.3 is 0 Å². The molecular weight excluding hydrogens is 647 g/mol. The van der Waals surface area contributed by atoms with Crippen molar-refractivity contribution < 1.29 is 4.11 Å². The first kappa shape index (κ1) is 25.8. The third-order valence-electron chi connectivity index (χ3n) is 11.7. The van der Waals surface area contributed by atoms with Gasteiger partial charge in [-0.15, -0.1) is 11.3 Å². The van der Waals surface area contributed by atoms with E-state index in [0.29, 0.717) is 5.56 Å². The Morgan fingerprint density at radius 2 is 1.06 bits per heavy atom. The molecule has 0 saturated heterocycles. The molecule has 0 unspecified atom stereocenters. The van der Waals surface area contributed by atoms with E-state index in [-0.39, 0.29) is 6.71 Å². The second-order valence-corrected chi connectivity index (χ2v) is 15.2. The number of nitrogens with zero attached hydrogens (tertiary/aromatic N) is 2. The summed E-state index contributed by atoms with van der Waals surface area (Å²) in [5.41, 5.74) is 17.2. The molecule has 2 nitrogen and oxygen atoms in total. The van der Waals surface area contributed by atoms with Crippen molar-refractivity contribution in [1.29, 1.82) is 0 Å². The van der Waals surface area contributed by atoms with Gasteiger partial charge in [0.1, 0.15) is 0 Å². The molecule has 7 aromatic carbocycles. The zero-order valence-corrected chi connectivity index (χ0v) is 28.9. The van der Waals surface area contributed by atoms with Crippen molar-refractivity contribution in [3.05, 3.63) is 197 Å². The van der Waals surface area contributed by atoms with Crippen molar-refractivity contribution in [2.45, 2.75) is 12.3 Å². The maximum atomic E-state index is 8.80. The van der Waals surface area contributed by atoms with Gasteiger partial charge in [0.25, 0.3) is 6.71 Å². The van der Waals surface area contributed by atoms with Gasteiger partial charge in [-0.05, 0) is 99.2 Å². The van der Waals surface area contributed by atoms with Crippen LogP contribution in [0.1, 0.15) is 31.2 Å². The largest absolute Gasteiger partial charge is 0.311 e. The Kier molecular flexibility index (Phi) is 5.08. The third-order valence-corrected chi connectivity index (χ3v) is 13.1. The molecule has 0 amide bonds. The topological polar surface area (TPSA) is 6.48 Å². The van der Waals surface area contributed by atoms with Crippen LogP contribution in [0.2, 0.25) is 0 Å². The molecule has 242 valence electrons. The Balaban J connectivity index is 1.26. The Bertz CT molecular complexity index is 2860. The molecule has 12 rings (SSSR count). The van der Waals surface area contributed by atoms with Crippen LogP contribution in [0.4, 0.5) is 34.1 Å². The van der Waals surface area contributed by atoms with Gasteiger partial charge in [-0.2, -0.15) is 0 Å². The maximum Gasteiger partial charge on any atom is 0.264 e. The lowest BCUT2D eigenvalue weighted by Gasteiger charge is -2.43. The quantitative estimate of drug-likeness (QED) is 0.168. The van der Waals surface area contributed by atoms with E-state index in [2.05, 4.69) is 155 Å². The molecule has 1 aromatic heterocycles. The monoisotopic (exact) mass is 681 g/mol. The summed E-state index contributed by atoms with van der Waals surface area (Å²) < 4.78 is 27.7. The van der Waals surface area contributed by atoms with Gasteiger partial charge < -0.3 is 9.80 Å². The van der Waals surface area contributed by atoms with Crippen molar-refractivity contribution in [1.82, 2.24) is 0 Å². The number of benzene rings is 7. The standard InChI is InChI=1S/C48H31BN2S/c1-30-28-41-44-42(29-30)51(32-18-6-3-7-19-32)45-43-35-22-10-13-25-38(35)48(36-23-11-8-20-33(36)34-21-9-12-24-37(34)48)46(43)52-47(45)49(44)39-26-14-15-27-40(39)50(41)31-16-4-2-5-17-31/h2-29H,1H3/i1D3. The Hall–Kier alpha value is -6.10. The van der Waals surface area contributed by atoms with Crippen LogP contribution in [0, 0.1) is 6.85 Å². The highest BCUT2D eigenvalue weighted by molar-refractivity contribution is 7.30. The third kappa shape index (κ3) is 3.41. The van der Waals surface area contributed by atoms with Gasteiger partial charge in [0.05, 0.1) is 11.1 Å². The molecule has 0 N–H and O–H groups in total. The molecule has 3 heterocycles. The highest BCUT2D eigenvalue weighted by Gasteiger charge is 2.56. The van der Waals surface area contributed by atoms with Crippen LogP contribution in [-0.4, -0.2) is 6.71 Å². The first-order valence-electron chi connectivity index (χ1n) is 19.4. The van der Waals surface area contributed by atoms with Crippen molar-refractivity contribution in [2.24, 2.45) is 0 Å². The number of hydrogen-bond acceptors (Lipinski definition) is 3. The number of para-hydroxylation sites is 3. The number of rotatable bonds is 2. The fraction of sp³-hybridized carbons (Fsp3) is 0.0417. The van der Waals surface area contributed by atoms with E-state index in [1.165, 1.54) is 54.1 Å². The molecule has 4 heteroatoms. The minimum atomic E-state index is -2.33. The van der Waals surface area contributed by atoms with Gasteiger partial charge in [0, 0.05) is 47.8 Å². The molecule has 4 aliphatic rings. The lowest BCUT2D eigenvalue weighted by atomic mass is 9.36. The summed E-state index contributed by atoms with van der Waals surface area (Å²) in [6.45, 7) is -2.44. The predicted octanol–water partition coefficient (Wildman–Crippen LogP) is 10.5. The molecule has 8 aromatic rings. The van der Waals surface area contributed by atoms with E-state index in [9.17, 15) is 0 Å². The molecule has 0 radical (unpaired) electrons. The van der Waals surface area contributed by atoms with Crippen molar-refractivity contribution in [3.8, 4) is 22.3 Å². The molecular formula is C48H31BN2S. The van der Waals surface area contributed by atoms with Gasteiger partial charge in [-0.1, -0.05) is 127 Å². The Morgan fingerprint density at radius 1 is 0.538 bits per heavy atom. The second kappa shape index (κ2) is 10.2. The molecule has 1 spiro atoms. The van der Waals surface area contributed by atoms with Gasteiger partial charge in [0.2, 0.25) is 0 Å². The maximum absolute atomic E-state index is 8.80. The average molecular weight is 682 g/mol. The number of aryl methyl sites for hydroxylation is 1. The first-order chi connectivity index (χ1) is 27.0. The number of anilines is 6. The number of thiophene rings is 1. The predicted molar refractivity (Wildman–Crippen MR) is 219 cm³/mol. The molecule has 0 atom stereocenters. The SMILES string of the molecule is [2H]C([2H])([2H])c1cc2c3c(c1)N(c1ccccc1)c1c(sc4c1-c1ccccc1C41c4ccccc4-c4ccccc41)B3c1ccccc1N2c1ccccc1.